The van der Waals surface area contributed by atoms with Crippen molar-refractivity contribution in [2.45, 2.75) is 45.8 Å². The Kier molecular flexibility index (Phi) is 8.68. The van der Waals surface area contributed by atoms with E-state index in [1.165, 1.54) is 12.1 Å². The monoisotopic (exact) mass is 342 g/mol. The van der Waals surface area contributed by atoms with Gasteiger partial charge in [0.1, 0.15) is 5.75 Å². The third kappa shape index (κ3) is 8.82. The van der Waals surface area contributed by atoms with E-state index in [0.717, 1.165) is 18.5 Å². The lowest BCUT2D eigenvalue weighted by Gasteiger charge is -2.24. The summed E-state index contributed by atoms with van der Waals surface area (Å²) in [6, 6.07) is 6.53. The van der Waals surface area contributed by atoms with E-state index in [9.17, 15) is 13.6 Å². The molecule has 0 aliphatic rings. The predicted octanol–water partition coefficient (Wildman–Crippen LogP) is 3.31. The second kappa shape index (κ2) is 10.2. The molecule has 0 spiro atoms. The summed E-state index contributed by atoms with van der Waals surface area (Å²) in [5, 5.41) is 3.08. The Labute approximate surface area is 143 Å². The molecule has 1 aromatic carbocycles. The lowest BCUT2D eigenvalue weighted by molar-refractivity contribution is -0.121. The quantitative estimate of drug-likeness (QED) is 0.709. The van der Waals surface area contributed by atoms with E-state index in [-0.39, 0.29) is 17.7 Å². The number of hydrogen-bond donors (Lipinski definition) is 1. The van der Waals surface area contributed by atoms with Gasteiger partial charge in [-0.1, -0.05) is 26.0 Å². The molecule has 1 unspecified atom stereocenters. The third-order valence-electron chi connectivity index (χ3n) is 3.50. The van der Waals surface area contributed by atoms with Crippen LogP contribution in [0.3, 0.4) is 0 Å². The van der Waals surface area contributed by atoms with Gasteiger partial charge in [-0.25, -0.2) is 0 Å². The number of alkyl halides is 2. The standard InChI is InChI=1S/C18H28F2N2O2/c1-13(2)11-15(12-22(3)4)21-17(23)10-7-14-5-8-16(9-6-14)24-18(19)20/h5-6,8-9,13,15,18H,7,10-12H2,1-4H3,(H,21,23). The van der Waals surface area contributed by atoms with E-state index in [2.05, 4.69) is 28.8 Å². The highest BCUT2D eigenvalue weighted by atomic mass is 19.3. The highest BCUT2D eigenvalue weighted by Crippen LogP contribution is 2.16. The maximum absolute atomic E-state index is 12.1. The van der Waals surface area contributed by atoms with Crippen LogP contribution in [0.2, 0.25) is 0 Å². The Morgan fingerprint density at radius 1 is 1.21 bits per heavy atom. The lowest BCUT2D eigenvalue weighted by atomic mass is 10.0. The molecule has 24 heavy (non-hydrogen) atoms. The molecule has 0 radical (unpaired) electrons. The van der Waals surface area contributed by atoms with E-state index in [0.29, 0.717) is 18.8 Å². The average Bonchev–Trinajstić information content (AvgIpc) is 2.44. The van der Waals surface area contributed by atoms with Gasteiger partial charge in [-0.15, -0.1) is 0 Å². The van der Waals surface area contributed by atoms with Crippen molar-refractivity contribution < 1.29 is 18.3 Å². The summed E-state index contributed by atoms with van der Waals surface area (Å²) in [6.45, 7) is 2.26. The van der Waals surface area contributed by atoms with Gasteiger partial charge in [0.2, 0.25) is 5.91 Å². The Bertz CT molecular complexity index is 480. The highest BCUT2D eigenvalue weighted by Gasteiger charge is 2.15. The minimum absolute atomic E-state index is 0.00964. The van der Waals surface area contributed by atoms with Gasteiger partial charge in [0, 0.05) is 19.0 Å². The molecule has 1 atom stereocenters. The van der Waals surface area contributed by atoms with Crippen LogP contribution in [0, 0.1) is 5.92 Å². The smallest absolute Gasteiger partial charge is 0.387 e. The van der Waals surface area contributed by atoms with E-state index in [4.69, 9.17) is 0 Å². The summed E-state index contributed by atoms with van der Waals surface area (Å²) in [5.74, 6) is 0.647. The van der Waals surface area contributed by atoms with Crippen LogP contribution < -0.4 is 10.1 Å². The Hall–Kier alpha value is -1.69. The van der Waals surface area contributed by atoms with E-state index < -0.39 is 6.61 Å². The molecular formula is C18H28F2N2O2. The van der Waals surface area contributed by atoms with Crippen molar-refractivity contribution in [3.05, 3.63) is 29.8 Å². The van der Waals surface area contributed by atoms with Gasteiger partial charge in [-0.05, 0) is 50.6 Å². The minimum Gasteiger partial charge on any atom is -0.435 e. The molecule has 136 valence electrons. The number of aryl methyl sites for hydroxylation is 1. The molecule has 0 fully saturated rings. The van der Waals surface area contributed by atoms with Gasteiger partial charge in [-0.3, -0.25) is 4.79 Å². The van der Waals surface area contributed by atoms with Crippen molar-refractivity contribution in [2.24, 2.45) is 5.92 Å². The van der Waals surface area contributed by atoms with Crippen LogP contribution in [-0.4, -0.2) is 44.1 Å². The van der Waals surface area contributed by atoms with Crippen LogP contribution in [0.4, 0.5) is 8.78 Å². The maximum Gasteiger partial charge on any atom is 0.387 e. The second-order valence-electron chi connectivity index (χ2n) is 6.68. The van der Waals surface area contributed by atoms with Crippen LogP contribution in [0.25, 0.3) is 0 Å². The normalized spacial score (nSPS) is 12.7. The SMILES string of the molecule is CC(C)CC(CN(C)C)NC(=O)CCc1ccc(OC(F)F)cc1. The summed E-state index contributed by atoms with van der Waals surface area (Å²) in [4.78, 5) is 14.2. The van der Waals surface area contributed by atoms with Crippen molar-refractivity contribution in [1.82, 2.24) is 10.2 Å². The topological polar surface area (TPSA) is 41.6 Å². The lowest BCUT2D eigenvalue weighted by Crippen LogP contribution is -2.42. The zero-order valence-corrected chi connectivity index (χ0v) is 14.9. The molecule has 6 heteroatoms. The van der Waals surface area contributed by atoms with Gasteiger partial charge in [0.25, 0.3) is 0 Å². The van der Waals surface area contributed by atoms with Gasteiger partial charge in [0.05, 0.1) is 0 Å². The number of rotatable bonds is 10. The number of ether oxygens (including phenoxy) is 1. The zero-order valence-electron chi connectivity index (χ0n) is 14.9. The first-order valence-corrected chi connectivity index (χ1v) is 8.24. The van der Waals surface area contributed by atoms with Crippen molar-refractivity contribution in [1.29, 1.82) is 0 Å². The molecule has 1 amide bonds. The molecular weight excluding hydrogens is 314 g/mol. The molecule has 0 aliphatic carbocycles. The molecule has 1 rings (SSSR count). The van der Waals surface area contributed by atoms with Crippen LogP contribution in [-0.2, 0) is 11.2 Å². The zero-order chi connectivity index (χ0) is 18.1. The number of nitrogens with one attached hydrogen (secondary N) is 1. The summed E-state index contributed by atoms with van der Waals surface area (Å²) in [7, 11) is 3.98. The highest BCUT2D eigenvalue weighted by molar-refractivity contribution is 5.76. The van der Waals surface area contributed by atoms with Crippen LogP contribution in [0.1, 0.15) is 32.3 Å². The van der Waals surface area contributed by atoms with Crippen LogP contribution >= 0.6 is 0 Å². The fourth-order valence-corrected chi connectivity index (χ4v) is 2.58. The molecule has 0 bridgehead atoms. The van der Waals surface area contributed by atoms with Crippen molar-refractivity contribution >= 4 is 5.91 Å². The number of nitrogens with zero attached hydrogens (tertiary/aromatic N) is 1. The van der Waals surface area contributed by atoms with Gasteiger partial charge >= 0.3 is 6.61 Å². The minimum atomic E-state index is -2.82. The predicted molar refractivity (Wildman–Crippen MR) is 91.3 cm³/mol. The van der Waals surface area contributed by atoms with Crippen molar-refractivity contribution in [2.75, 3.05) is 20.6 Å². The first-order valence-electron chi connectivity index (χ1n) is 8.24. The van der Waals surface area contributed by atoms with Crippen LogP contribution in [0.15, 0.2) is 24.3 Å². The van der Waals surface area contributed by atoms with Gasteiger partial charge in [-0.2, -0.15) is 8.78 Å². The molecule has 0 aliphatic heterocycles. The largest absolute Gasteiger partial charge is 0.435 e. The third-order valence-corrected chi connectivity index (χ3v) is 3.50. The van der Waals surface area contributed by atoms with Crippen LogP contribution in [0.5, 0.6) is 5.75 Å². The maximum atomic E-state index is 12.1. The summed E-state index contributed by atoms with van der Waals surface area (Å²) >= 11 is 0. The number of amides is 1. The fraction of sp³-hybridized carbons (Fsp3) is 0.611. The number of halogens is 2. The summed E-state index contributed by atoms with van der Waals surface area (Å²) in [5.41, 5.74) is 0.916. The second-order valence-corrected chi connectivity index (χ2v) is 6.68. The number of likely N-dealkylation sites (N-methyl/N-ethyl adjacent to an activating group) is 1. The molecule has 1 N–H and O–H groups in total. The Morgan fingerprint density at radius 2 is 1.83 bits per heavy atom. The fourth-order valence-electron chi connectivity index (χ4n) is 2.58. The first kappa shape index (κ1) is 20.4. The first-order chi connectivity index (χ1) is 11.3. The number of carbonyl (C=O) groups is 1. The Morgan fingerprint density at radius 3 is 2.33 bits per heavy atom. The summed E-state index contributed by atoms with van der Waals surface area (Å²) in [6.07, 6.45) is 1.87. The van der Waals surface area contributed by atoms with E-state index in [1.807, 2.05) is 14.1 Å². The van der Waals surface area contributed by atoms with Gasteiger partial charge in [0.15, 0.2) is 0 Å². The van der Waals surface area contributed by atoms with Crippen molar-refractivity contribution in [3.8, 4) is 5.75 Å². The number of carbonyl (C=O) groups excluding carboxylic acids is 1. The van der Waals surface area contributed by atoms with Crippen molar-refractivity contribution in [3.63, 3.8) is 0 Å². The van der Waals surface area contributed by atoms with E-state index in [1.54, 1.807) is 12.1 Å². The molecule has 1 aromatic rings. The molecule has 0 saturated heterocycles. The van der Waals surface area contributed by atoms with E-state index >= 15 is 0 Å². The Balaban J connectivity index is 2.46. The number of hydrogen-bond acceptors (Lipinski definition) is 3. The number of benzene rings is 1. The molecule has 4 nitrogen and oxygen atoms in total. The molecule has 0 saturated carbocycles. The summed E-state index contributed by atoms with van der Waals surface area (Å²) < 4.78 is 28.5. The average molecular weight is 342 g/mol. The van der Waals surface area contributed by atoms with Gasteiger partial charge < -0.3 is 15.0 Å². The molecule has 0 aromatic heterocycles. The molecule has 0 heterocycles.